The van der Waals surface area contributed by atoms with E-state index in [1.165, 1.54) is 19.4 Å². The summed E-state index contributed by atoms with van der Waals surface area (Å²) in [5, 5.41) is 3.72. The molecule has 1 amide bonds. The second kappa shape index (κ2) is 8.20. The van der Waals surface area contributed by atoms with Crippen molar-refractivity contribution in [2.45, 2.75) is 25.4 Å². The van der Waals surface area contributed by atoms with Crippen molar-refractivity contribution in [1.82, 2.24) is 24.8 Å². The number of methoxy groups -OCH3 is 1. The summed E-state index contributed by atoms with van der Waals surface area (Å²) in [5.74, 6) is 1.71. The maximum atomic E-state index is 11.9. The Morgan fingerprint density at radius 3 is 3.03 bits per heavy atom. The third-order valence-corrected chi connectivity index (χ3v) is 5.46. The zero-order valence-electron chi connectivity index (χ0n) is 16.1. The van der Waals surface area contributed by atoms with Crippen LogP contribution in [0.1, 0.15) is 17.7 Å². The standard InChI is InChI=1S/C19H22ClN7O2/c1-3-16(28)26-7-5-13-15(10-26)22-11-23-17(13)27-6-4-12(9-27)24-19-21-8-14(20)18(25-19)29-2/h3,8,11-12H,1,4-7,9-10H2,2H3,(H,21,24,25)/t12-/m1/s1. The average Bonchev–Trinajstić information content (AvgIpc) is 3.21. The lowest BCUT2D eigenvalue weighted by Gasteiger charge is -2.30. The van der Waals surface area contributed by atoms with Crippen LogP contribution in [-0.2, 0) is 17.8 Å². The van der Waals surface area contributed by atoms with Gasteiger partial charge < -0.3 is 19.9 Å². The monoisotopic (exact) mass is 415 g/mol. The second-order valence-electron chi connectivity index (χ2n) is 6.96. The largest absolute Gasteiger partial charge is 0.480 e. The van der Waals surface area contributed by atoms with Gasteiger partial charge in [-0.05, 0) is 18.9 Å². The van der Waals surface area contributed by atoms with Crippen molar-refractivity contribution in [3.8, 4) is 5.88 Å². The topological polar surface area (TPSA) is 96.4 Å². The lowest BCUT2D eigenvalue weighted by atomic mass is 10.0. The number of hydrogen-bond acceptors (Lipinski definition) is 8. The van der Waals surface area contributed by atoms with Crippen molar-refractivity contribution in [3.05, 3.63) is 41.5 Å². The minimum atomic E-state index is -0.0698. The summed E-state index contributed by atoms with van der Waals surface area (Å²) in [4.78, 5) is 33.4. The molecule has 2 aromatic rings. The highest BCUT2D eigenvalue weighted by molar-refractivity contribution is 6.31. The molecule has 29 heavy (non-hydrogen) atoms. The van der Waals surface area contributed by atoms with Gasteiger partial charge in [-0.2, -0.15) is 4.98 Å². The minimum Gasteiger partial charge on any atom is -0.480 e. The highest BCUT2D eigenvalue weighted by Crippen LogP contribution is 2.29. The summed E-state index contributed by atoms with van der Waals surface area (Å²) in [6.07, 6.45) is 6.10. The Bertz CT molecular complexity index is 939. The molecule has 4 heterocycles. The van der Waals surface area contributed by atoms with E-state index < -0.39 is 0 Å². The Hall–Kier alpha value is -2.94. The molecule has 1 saturated heterocycles. The van der Waals surface area contributed by atoms with E-state index in [-0.39, 0.29) is 11.9 Å². The van der Waals surface area contributed by atoms with E-state index in [2.05, 4.69) is 36.7 Å². The molecule has 2 aliphatic rings. The molecule has 1 N–H and O–H groups in total. The van der Waals surface area contributed by atoms with Crippen LogP contribution < -0.4 is 15.0 Å². The van der Waals surface area contributed by atoms with Gasteiger partial charge in [-0.1, -0.05) is 18.2 Å². The highest BCUT2D eigenvalue weighted by Gasteiger charge is 2.29. The van der Waals surface area contributed by atoms with Gasteiger partial charge in [-0.3, -0.25) is 4.79 Å². The van der Waals surface area contributed by atoms with Crippen molar-refractivity contribution in [1.29, 1.82) is 0 Å². The van der Waals surface area contributed by atoms with Gasteiger partial charge in [-0.15, -0.1) is 0 Å². The Balaban J connectivity index is 1.46. The summed E-state index contributed by atoms with van der Waals surface area (Å²) in [7, 11) is 1.53. The molecule has 0 aliphatic carbocycles. The van der Waals surface area contributed by atoms with Crippen molar-refractivity contribution in [2.75, 3.05) is 37.0 Å². The Labute approximate surface area is 173 Å². The maximum absolute atomic E-state index is 11.9. The van der Waals surface area contributed by atoms with Crippen molar-refractivity contribution >= 4 is 29.3 Å². The smallest absolute Gasteiger partial charge is 0.246 e. The van der Waals surface area contributed by atoms with Crippen LogP contribution in [0.5, 0.6) is 5.88 Å². The summed E-state index contributed by atoms with van der Waals surface area (Å²) in [5.41, 5.74) is 2.02. The van der Waals surface area contributed by atoms with E-state index >= 15 is 0 Å². The lowest BCUT2D eigenvalue weighted by molar-refractivity contribution is -0.126. The number of fused-ring (bicyclic) bond motifs is 1. The minimum absolute atomic E-state index is 0.0698. The molecule has 0 radical (unpaired) electrons. The molecule has 9 nitrogen and oxygen atoms in total. The van der Waals surface area contributed by atoms with Crippen LogP contribution in [0.25, 0.3) is 0 Å². The molecule has 10 heteroatoms. The SMILES string of the molecule is C=CC(=O)N1CCc2c(ncnc2N2CC[C@@H](Nc3ncc(Cl)c(OC)n3)C2)C1. The van der Waals surface area contributed by atoms with Gasteiger partial charge in [0.2, 0.25) is 17.7 Å². The molecule has 0 aromatic carbocycles. The van der Waals surface area contributed by atoms with Crippen LogP contribution in [0.15, 0.2) is 25.2 Å². The molecule has 152 valence electrons. The first-order chi connectivity index (χ1) is 14.1. The summed E-state index contributed by atoms with van der Waals surface area (Å²) in [6.45, 7) is 6.33. The van der Waals surface area contributed by atoms with Crippen molar-refractivity contribution in [2.24, 2.45) is 0 Å². The molecule has 0 saturated carbocycles. The molecule has 0 bridgehead atoms. The summed E-state index contributed by atoms with van der Waals surface area (Å²) in [6, 6.07) is 0.175. The van der Waals surface area contributed by atoms with Gasteiger partial charge in [0, 0.05) is 31.2 Å². The van der Waals surface area contributed by atoms with Crippen LogP contribution in [0.2, 0.25) is 5.02 Å². The maximum Gasteiger partial charge on any atom is 0.246 e. The fourth-order valence-electron chi connectivity index (χ4n) is 3.74. The van der Waals surface area contributed by atoms with Crippen molar-refractivity contribution in [3.63, 3.8) is 0 Å². The van der Waals surface area contributed by atoms with Crippen LogP contribution >= 0.6 is 11.6 Å². The quantitative estimate of drug-likeness (QED) is 0.737. The van der Waals surface area contributed by atoms with Crippen LogP contribution in [0.4, 0.5) is 11.8 Å². The van der Waals surface area contributed by atoms with E-state index in [4.69, 9.17) is 16.3 Å². The van der Waals surface area contributed by atoms with Crippen LogP contribution in [0.3, 0.4) is 0 Å². The number of anilines is 2. The number of nitrogens with one attached hydrogen (secondary N) is 1. The number of hydrogen-bond donors (Lipinski definition) is 1. The fraction of sp³-hybridized carbons (Fsp3) is 0.421. The zero-order valence-corrected chi connectivity index (χ0v) is 16.9. The van der Waals surface area contributed by atoms with E-state index in [1.807, 2.05) is 0 Å². The van der Waals surface area contributed by atoms with E-state index in [1.54, 1.807) is 11.2 Å². The molecule has 2 aromatic heterocycles. The predicted molar refractivity (Wildman–Crippen MR) is 109 cm³/mol. The van der Waals surface area contributed by atoms with Gasteiger partial charge >= 0.3 is 0 Å². The molecule has 4 rings (SSSR count). The number of amides is 1. The summed E-state index contributed by atoms with van der Waals surface area (Å²) < 4.78 is 5.15. The lowest BCUT2D eigenvalue weighted by Crippen LogP contribution is -2.37. The number of ether oxygens (including phenoxy) is 1. The molecule has 0 spiro atoms. The molecule has 0 unspecified atom stereocenters. The zero-order chi connectivity index (χ0) is 20.4. The molecular weight excluding hydrogens is 394 g/mol. The van der Waals surface area contributed by atoms with Gasteiger partial charge in [0.1, 0.15) is 17.2 Å². The third-order valence-electron chi connectivity index (χ3n) is 5.20. The number of carbonyl (C=O) groups is 1. The Morgan fingerprint density at radius 2 is 2.24 bits per heavy atom. The highest BCUT2D eigenvalue weighted by atomic mass is 35.5. The van der Waals surface area contributed by atoms with E-state index in [0.717, 1.165) is 43.0 Å². The van der Waals surface area contributed by atoms with Gasteiger partial charge in [0.25, 0.3) is 0 Å². The number of halogens is 1. The van der Waals surface area contributed by atoms with E-state index in [9.17, 15) is 4.79 Å². The molecule has 1 atom stereocenters. The molecule has 2 aliphatic heterocycles. The van der Waals surface area contributed by atoms with Crippen molar-refractivity contribution < 1.29 is 9.53 Å². The van der Waals surface area contributed by atoms with Gasteiger partial charge in [-0.25, -0.2) is 15.0 Å². The number of carbonyl (C=O) groups excluding carboxylic acids is 1. The first-order valence-electron chi connectivity index (χ1n) is 9.41. The number of aromatic nitrogens is 4. The second-order valence-corrected chi connectivity index (χ2v) is 7.37. The van der Waals surface area contributed by atoms with Crippen LogP contribution in [0, 0.1) is 0 Å². The van der Waals surface area contributed by atoms with E-state index in [0.29, 0.717) is 29.9 Å². The average molecular weight is 416 g/mol. The first kappa shape index (κ1) is 19.4. The third kappa shape index (κ3) is 3.95. The normalized spacial score (nSPS) is 18.3. The molecule has 1 fully saturated rings. The number of nitrogens with zero attached hydrogens (tertiary/aromatic N) is 6. The van der Waals surface area contributed by atoms with Gasteiger partial charge in [0.15, 0.2) is 0 Å². The molecular formula is C19H22ClN7O2. The van der Waals surface area contributed by atoms with Crippen LogP contribution in [-0.4, -0.2) is 63.5 Å². The Morgan fingerprint density at radius 1 is 1.38 bits per heavy atom. The van der Waals surface area contributed by atoms with Gasteiger partial charge in [0.05, 0.1) is 25.5 Å². The fourth-order valence-corrected chi connectivity index (χ4v) is 3.91. The summed E-state index contributed by atoms with van der Waals surface area (Å²) >= 11 is 5.99. The Kier molecular flexibility index (Phi) is 5.48. The first-order valence-corrected chi connectivity index (χ1v) is 9.79. The predicted octanol–water partition coefficient (Wildman–Crippen LogP) is 1.69. The number of rotatable bonds is 5.